The number of thiocarbonyl (C=S) groups is 1. The third-order valence-electron chi connectivity index (χ3n) is 5.41. The van der Waals surface area contributed by atoms with Crippen molar-refractivity contribution in [3.05, 3.63) is 80.6 Å². The number of aryl methyl sites for hydroxylation is 1. The summed E-state index contributed by atoms with van der Waals surface area (Å²) in [5.41, 5.74) is 2.56. The highest BCUT2D eigenvalue weighted by molar-refractivity contribution is 8.26. The summed E-state index contributed by atoms with van der Waals surface area (Å²) in [5, 5.41) is 3.38. The molecule has 1 amide bonds. The molecule has 2 aromatic heterocycles. The number of amides is 1. The molecule has 1 fully saturated rings. The second kappa shape index (κ2) is 9.86. The lowest BCUT2D eigenvalue weighted by Crippen LogP contribution is -2.31. The number of nitrogens with zero attached hydrogens (tertiary/aromatic N) is 3. The van der Waals surface area contributed by atoms with Gasteiger partial charge in [-0.3, -0.25) is 18.9 Å². The van der Waals surface area contributed by atoms with Crippen LogP contribution in [0.5, 0.6) is 0 Å². The molecule has 1 saturated heterocycles. The van der Waals surface area contributed by atoms with E-state index in [0.29, 0.717) is 39.4 Å². The predicted octanol–water partition coefficient (Wildman–Crippen LogP) is 4.02. The molecule has 0 radical (unpaired) electrons. The minimum atomic E-state index is -0.256. The molecule has 1 aliphatic rings. The van der Waals surface area contributed by atoms with E-state index in [1.54, 1.807) is 25.4 Å². The first-order chi connectivity index (χ1) is 15.9. The lowest BCUT2D eigenvalue weighted by atomic mass is 10.1. The second-order valence-corrected chi connectivity index (χ2v) is 9.34. The number of anilines is 1. The highest BCUT2D eigenvalue weighted by atomic mass is 32.2. The Hall–Kier alpha value is -3.01. The fourth-order valence-electron chi connectivity index (χ4n) is 3.59. The van der Waals surface area contributed by atoms with E-state index in [1.807, 2.05) is 50.2 Å². The van der Waals surface area contributed by atoms with Crippen LogP contribution >= 0.6 is 24.0 Å². The van der Waals surface area contributed by atoms with Gasteiger partial charge in [0.25, 0.3) is 11.5 Å². The van der Waals surface area contributed by atoms with Gasteiger partial charge in [-0.05, 0) is 37.1 Å². The van der Waals surface area contributed by atoms with Crippen molar-refractivity contribution in [3.63, 3.8) is 0 Å². The summed E-state index contributed by atoms with van der Waals surface area (Å²) in [5.74, 6) is 0.186. The van der Waals surface area contributed by atoms with Crippen LogP contribution in [0.2, 0.25) is 0 Å². The number of hydrogen-bond donors (Lipinski definition) is 1. The molecule has 1 N–H and O–H groups in total. The van der Waals surface area contributed by atoms with Gasteiger partial charge >= 0.3 is 0 Å². The smallest absolute Gasteiger partial charge is 0.267 e. The van der Waals surface area contributed by atoms with E-state index in [2.05, 4.69) is 5.32 Å². The van der Waals surface area contributed by atoms with Crippen LogP contribution in [0.4, 0.5) is 5.82 Å². The number of pyridine rings is 1. The maximum Gasteiger partial charge on any atom is 0.267 e. The molecule has 170 valence electrons. The Bertz CT molecular complexity index is 1300. The maximum absolute atomic E-state index is 13.5. The molecule has 1 atom stereocenters. The van der Waals surface area contributed by atoms with Gasteiger partial charge in [0.2, 0.25) is 0 Å². The molecular formula is C24H24N4O3S2. The molecule has 1 aromatic carbocycles. The largest absolute Gasteiger partial charge is 0.383 e. The Balaban J connectivity index is 1.81. The monoisotopic (exact) mass is 480 g/mol. The zero-order chi connectivity index (χ0) is 23.5. The van der Waals surface area contributed by atoms with Crippen LogP contribution in [0.1, 0.15) is 29.7 Å². The summed E-state index contributed by atoms with van der Waals surface area (Å²) < 4.78 is 7.03. The van der Waals surface area contributed by atoms with Gasteiger partial charge in [0.05, 0.1) is 23.6 Å². The molecule has 0 aliphatic carbocycles. The van der Waals surface area contributed by atoms with Crippen molar-refractivity contribution in [2.75, 3.05) is 25.6 Å². The number of carbonyl (C=O) groups excluding carboxylic acids is 1. The van der Waals surface area contributed by atoms with Gasteiger partial charge in [0, 0.05) is 19.3 Å². The van der Waals surface area contributed by atoms with E-state index in [9.17, 15) is 9.59 Å². The molecule has 3 aromatic rings. The van der Waals surface area contributed by atoms with Crippen LogP contribution in [0, 0.1) is 6.92 Å². The average Bonchev–Trinajstić information content (AvgIpc) is 3.08. The molecule has 0 saturated carbocycles. The SMILES string of the molecule is COCCN1C(=O)/C(=C\c2c(NC(C)c3ccccc3)nc3c(C)cccn3c2=O)SC1=S. The molecule has 7 nitrogen and oxygen atoms in total. The first-order valence-electron chi connectivity index (χ1n) is 10.5. The van der Waals surface area contributed by atoms with Crippen molar-refractivity contribution in [2.24, 2.45) is 0 Å². The van der Waals surface area contributed by atoms with Gasteiger partial charge in [-0.15, -0.1) is 0 Å². The molecule has 0 spiro atoms. The second-order valence-electron chi connectivity index (χ2n) is 7.67. The van der Waals surface area contributed by atoms with Crippen molar-refractivity contribution < 1.29 is 9.53 Å². The summed E-state index contributed by atoms with van der Waals surface area (Å²) in [6.45, 7) is 4.65. The number of fused-ring (bicyclic) bond motifs is 1. The number of hydrogen-bond acceptors (Lipinski definition) is 7. The van der Waals surface area contributed by atoms with Crippen molar-refractivity contribution >= 4 is 51.7 Å². The third kappa shape index (κ3) is 4.71. The minimum absolute atomic E-state index is 0.104. The van der Waals surface area contributed by atoms with Gasteiger partial charge in [0.15, 0.2) is 0 Å². The minimum Gasteiger partial charge on any atom is -0.383 e. The summed E-state index contributed by atoms with van der Waals surface area (Å²) in [6, 6.07) is 13.5. The van der Waals surface area contributed by atoms with Crippen LogP contribution in [0.15, 0.2) is 58.4 Å². The Morgan fingerprint density at radius 2 is 1.97 bits per heavy atom. The lowest BCUT2D eigenvalue weighted by Gasteiger charge is -2.18. The number of methoxy groups -OCH3 is 1. The summed E-state index contributed by atoms with van der Waals surface area (Å²) >= 11 is 6.55. The number of ether oxygens (including phenoxy) is 1. The molecule has 3 heterocycles. The third-order valence-corrected chi connectivity index (χ3v) is 6.78. The van der Waals surface area contributed by atoms with Crippen LogP contribution < -0.4 is 10.9 Å². The van der Waals surface area contributed by atoms with Crippen LogP contribution in [0.25, 0.3) is 11.7 Å². The number of aromatic nitrogens is 2. The number of thioether (sulfide) groups is 1. The molecule has 0 bridgehead atoms. The highest BCUT2D eigenvalue weighted by Crippen LogP contribution is 2.33. The van der Waals surface area contributed by atoms with Gasteiger partial charge in [-0.25, -0.2) is 4.98 Å². The number of rotatable bonds is 7. The maximum atomic E-state index is 13.5. The van der Waals surface area contributed by atoms with E-state index in [0.717, 1.165) is 11.1 Å². The zero-order valence-corrected chi connectivity index (χ0v) is 20.2. The fourth-order valence-corrected chi connectivity index (χ4v) is 4.88. The van der Waals surface area contributed by atoms with Crippen LogP contribution in [0.3, 0.4) is 0 Å². The van der Waals surface area contributed by atoms with Gasteiger partial charge < -0.3 is 10.1 Å². The summed E-state index contributed by atoms with van der Waals surface area (Å²) in [7, 11) is 1.57. The highest BCUT2D eigenvalue weighted by Gasteiger charge is 2.32. The van der Waals surface area contributed by atoms with E-state index in [4.69, 9.17) is 21.9 Å². The van der Waals surface area contributed by atoms with E-state index in [1.165, 1.54) is 21.1 Å². The van der Waals surface area contributed by atoms with Gasteiger partial charge in [-0.2, -0.15) is 0 Å². The summed E-state index contributed by atoms with van der Waals surface area (Å²) in [6.07, 6.45) is 3.28. The van der Waals surface area contributed by atoms with Gasteiger partial charge in [-0.1, -0.05) is 60.4 Å². The number of benzene rings is 1. The predicted molar refractivity (Wildman–Crippen MR) is 136 cm³/mol. The molecular weight excluding hydrogens is 456 g/mol. The van der Waals surface area contributed by atoms with Crippen molar-refractivity contribution in [2.45, 2.75) is 19.9 Å². The van der Waals surface area contributed by atoms with Crippen molar-refractivity contribution in [1.29, 1.82) is 0 Å². The Labute approximate surface area is 201 Å². The molecule has 1 unspecified atom stereocenters. The molecule has 9 heteroatoms. The van der Waals surface area contributed by atoms with E-state index in [-0.39, 0.29) is 17.5 Å². The van der Waals surface area contributed by atoms with E-state index < -0.39 is 0 Å². The topological polar surface area (TPSA) is 75.9 Å². The first kappa shape index (κ1) is 23.2. The molecule has 33 heavy (non-hydrogen) atoms. The molecule has 4 rings (SSSR count). The Morgan fingerprint density at radius 1 is 1.21 bits per heavy atom. The fraction of sp³-hybridized carbons (Fsp3) is 0.250. The number of carbonyl (C=O) groups is 1. The van der Waals surface area contributed by atoms with Crippen molar-refractivity contribution in [1.82, 2.24) is 14.3 Å². The van der Waals surface area contributed by atoms with Crippen LogP contribution in [-0.4, -0.2) is 44.8 Å². The zero-order valence-electron chi connectivity index (χ0n) is 18.6. The van der Waals surface area contributed by atoms with Crippen molar-refractivity contribution in [3.8, 4) is 0 Å². The molecule has 1 aliphatic heterocycles. The summed E-state index contributed by atoms with van der Waals surface area (Å²) in [4.78, 5) is 33.1. The normalized spacial score (nSPS) is 16.1. The van der Waals surface area contributed by atoms with Gasteiger partial charge in [0.1, 0.15) is 15.8 Å². The average molecular weight is 481 g/mol. The Kier molecular flexibility index (Phi) is 6.92. The van der Waals surface area contributed by atoms with E-state index >= 15 is 0 Å². The Morgan fingerprint density at radius 3 is 2.70 bits per heavy atom. The quantitative estimate of drug-likeness (QED) is 0.404. The standard InChI is InChI=1S/C24H24N4O3S2/c1-15-8-7-11-27-21(15)26-20(25-16(2)17-9-5-4-6-10-17)18(22(27)29)14-19-23(30)28(12-13-31-3)24(32)33-19/h4-11,14,16,25H,12-13H2,1-3H3/b19-14+. The van der Waals surface area contributed by atoms with Crippen LogP contribution in [-0.2, 0) is 9.53 Å². The first-order valence-corrected chi connectivity index (χ1v) is 11.7. The lowest BCUT2D eigenvalue weighted by molar-refractivity contribution is -0.122. The number of nitrogens with one attached hydrogen (secondary N) is 1.